The van der Waals surface area contributed by atoms with Crippen molar-refractivity contribution in [3.05, 3.63) is 88.4 Å². The summed E-state index contributed by atoms with van der Waals surface area (Å²) >= 11 is 6.26. The van der Waals surface area contributed by atoms with Crippen LogP contribution in [0.2, 0.25) is 5.02 Å². The number of rotatable bonds is 14. The largest absolute Gasteiger partial charge is 0.493 e. The second-order valence-corrected chi connectivity index (χ2v) is 12.3. The average Bonchev–Trinajstić information content (AvgIpc) is 2.97. The summed E-state index contributed by atoms with van der Waals surface area (Å²) in [6.07, 6.45) is 2.52. The summed E-state index contributed by atoms with van der Waals surface area (Å²) in [5.74, 6) is -0.0846. The first-order valence-corrected chi connectivity index (χ1v) is 15.0. The van der Waals surface area contributed by atoms with Crippen molar-refractivity contribution in [3.8, 4) is 5.75 Å². The van der Waals surface area contributed by atoms with Gasteiger partial charge in [0.05, 0.1) is 23.7 Å². The van der Waals surface area contributed by atoms with Crippen LogP contribution in [0.1, 0.15) is 95.1 Å². The highest BCUT2D eigenvalue weighted by Crippen LogP contribution is 2.38. The van der Waals surface area contributed by atoms with Crippen molar-refractivity contribution in [1.29, 1.82) is 0 Å². The Labute approximate surface area is 255 Å². The normalized spacial score (nSPS) is 11.6. The zero-order valence-corrected chi connectivity index (χ0v) is 26.4. The molecule has 0 aromatic heterocycles. The lowest BCUT2D eigenvalue weighted by Crippen LogP contribution is -2.21. The van der Waals surface area contributed by atoms with Crippen LogP contribution in [0.3, 0.4) is 0 Å². The second-order valence-electron chi connectivity index (χ2n) is 11.9. The third-order valence-electron chi connectivity index (χ3n) is 8.00. The summed E-state index contributed by atoms with van der Waals surface area (Å²) in [7, 11) is 0. The molecule has 3 rings (SSSR count). The fourth-order valence-corrected chi connectivity index (χ4v) is 4.57. The SMILES string of the molecule is CCC(C)(C)c1ccc(OCCCC(=O)Nc2ccc(Cl)c(NC(=O)CC(=O)c3ccccc3)c2)c(C(C)(C)CC)c1. The molecule has 0 fully saturated rings. The standard InChI is InChI=1S/C35H43ClN2O4/c1-7-34(3,4)25-16-19-31(27(21-25)35(5,6)8-2)42-20-12-15-32(40)37-26-17-18-28(36)29(22-26)38-33(41)23-30(39)24-13-10-9-11-14-24/h9-11,13-14,16-19,21-22H,7-8,12,15,20,23H2,1-6H3,(H,37,40)(H,38,41). The van der Waals surface area contributed by atoms with Crippen LogP contribution in [0, 0.1) is 0 Å². The Morgan fingerprint density at radius 1 is 0.810 bits per heavy atom. The molecule has 7 heteroatoms. The van der Waals surface area contributed by atoms with Gasteiger partial charge in [0, 0.05) is 23.2 Å². The van der Waals surface area contributed by atoms with Crippen molar-refractivity contribution in [1.82, 2.24) is 0 Å². The number of Topliss-reactive ketones (excluding diaryl/α,β-unsaturated/α-hetero) is 1. The Morgan fingerprint density at radius 2 is 1.50 bits per heavy atom. The van der Waals surface area contributed by atoms with Gasteiger partial charge in [-0.1, -0.05) is 95.6 Å². The van der Waals surface area contributed by atoms with E-state index >= 15 is 0 Å². The van der Waals surface area contributed by atoms with E-state index in [0.29, 0.717) is 35.0 Å². The molecular formula is C35H43ClN2O4. The van der Waals surface area contributed by atoms with Gasteiger partial charge < -0.3 is 15.4 Å². The Kier molecular flexibility index (Phi) is 11.3. The van der Waals surface area contributed by atoms with Crippen LogP contribution < -0.4 is 15.4 Å². The van der Waals surface area contributed by atoms with Gasteiger partial charge in [0.15, 0.2) is 5.78 Å². The lowest BCUT2D eigenvalue weighted by molar-refractivity contribution is -0.116. The Balaban J connectivity index is 1.55. The molecule has 3 aromatic rings. The van der Waals surface area contributed by atoms with E-state index in [-0.39, 0.29) is 35.4 Å². The summed E-state index contributed by atoms with van der Waals surface area (Å²) in [5.41, 5.74) is 3.82. The highest BCUT2D eigenvalue weighted by molar-refractivity contribution is 6.34. The third-order valence-corrected chi connectivity index (χ3v) is 8.33. The van der Waals surface area contributed by atoms with E-state index in [1.165, 1.54) is 11.1 Å². The van der Waals surface area contributed by atoms with Gasteiger partial charge in [0.25, 0.3) is 0 Å². The number of halogens is 1. The zero-order chi connectivity index (χ0) is 30.9. The number of anilines is 2. The van der Waals surface area contributed by atoms with Gasteiger partial charge in [0.1, 0.15) is 5.75 Å². The molecule has 2 amide bonds. The summed E-state index contributed by atoms with van der Waals surface area (Å²) < 4.78 is 6.20. The molecule has 224 valence electrons. The molecule has 0 bridgehead atoms. The minimum atomic E-state index is -0.483. The molecule has 0 atom stereocenters. The number of hydrogen-bond acceptors (Lipinski definition) is 4. The van der Waals surface area contributed by atoms with Gasteiger partial charge in [-0.15, -0.1) is 0 Å². The Bertz CT molecular complexity index is 1400. The van der Waals surface area contributed by atoms with E-state index in [1.807, 2.05) is 0 Å². The van der Waals surface area contributed by atoms with Crippen LogP contribution in [0.4, 0.5) is 11.4 Å². The second kappa shape index (κ2) is 14.5. The highest BCUT2D eigenvalue weighted by Gasteiger charge is 2.26. The summed E-state index contributed by atoms with van der Waals surface area (Å²) in [6, 6.07) is 20.0. The fourth-order valence-electron chi connectivity index (χ4n) is 4.40. The number of ether oxygens (including phenoxy) is 1. The maximum absolute atomic E-state index is 12.7. The molecule has 42 heavy (non-hydrogen) atoms. The smallest absolute Gasteiger partial charge is 0.232 e. The zero-order valence-electron chi connectivity index (χ0n) is 25.6. The van der Waals surface area contributed by atoms with Crippen LogP contribution in [-0.4, -0.2) is 24.2 Å². The topological polar surface area (TPSA) is 84.5 Å². The van der Waals surface area contributed by atoms with Crippen molar-refractivity contribution < 1.29 is 19.1 Å². The van der Waals surface area contributed by atoms with Crippen LogP contribution >= 0.6 is 11.6 Å². The van der Waals surface area contributed by atoms with E-state index in [2.05, 4.69) is 70.4 Å². The predicted octanol–water partition coefficient (Wildman–Crippen LogP) is 8.72. The van der Waals surface area contributed by atoms with E-state index in [0.717, 1.165) is 18.6 Å². The summed E-state index contributed by atoms with van der Waals surface area (Å²) in [6.45, 7) is 13.8. The van der Waals surface area contributed by atoms with Crippen molar-refractivity contribution >= 4 is 40.6 Å². The molecule has 0 unspecified atom stereocenters. The van der Waals surface area contributed by atoms with Gasteiger partial charge in [-0.3, -0.25) is 14.4 Å². The first-order chi connectivity index (χ1) is 19.9. The van der Waals surface area contributed by atoms with Crippen LogP contribution in [-0.2, 0) is 20.4 Å². The minimum absolute atomic E-state index is 0.0386. The Hall–Kier alpha value is -3.64. The molecule has 0 saturated heterocycles. The third kappa shape index (κ3) is 8.93. The van der Waals surface area contributed by atoms with E-state index in [9.17, 15) is 14.4 Å². The molecule has 0 aliphatic heterocycles. The minimum Gasteiger partial charge on any atom is -0.493 e. The van der Waals surface area contributed by atoms with Crippen molar-refractivity contribution in [3.63, 3.8) is 0 Å². The number of hydrogen-bond donors (Lipinski definition) is 2. The molecule has 0 heterocycles. The molecular weight excluding hydrogens is 548 g/mol. The molecule has 0 saturated carbocycles. The predicted molar refractivity (Wildman–Crippen MR) is 172 cm³/mol. The quantitative estimate of drug-likeness (QED) is 0.112. The first kappa shape index (κ1) is 32.9. The van der Waals surface area contributed by atoms with E-state index in [4.69, 9.17) is 16.3 Å². The summed E-state index contributed by atoms with van der Waals surface area (Å²) in [5, 5.41) is 5.83. The van der Waals surface area contributed by atoms with Gasteiger partial charge in [-0.05, 0) is 59.9 Å². The number of benzene rings is 3. The van der Waals surface area contributed by atoms with Crippen LogP contribution in [0.15, 0.2) is 66.7 Å². The molecule has 0 aliphatic carbocycles. The van der Waals surface area contributed by atoms with Gasteiger partial charge in [-0.2, -0.15) is 0 Å². The summed E-state index contributed by atoms with van der Waals surface area (Å²) in [4.78, 5) is 37.5. The molecule has 2 N–H and O–H groups in total. The monoisotopic (exact) mass is 590 g/mol. The fraction of sp³-hybridized carbons (Fsp3) is 0.400. The maximum Gasteiger partial charge on any atom is 0.232 e. The molecule has 0 spiro atoms. The van der Waals surface area contributed by atoms with Crippen molar-refractivity contribution in [2.24, 2.45) is 0 Å². The van der Waals surface area contributed by atoms with E-state index < -0.39 is 5.91 Å². The number of carbonyl (C=O) groups is 3. The van der Waals surface area contributed by atoms with Crippen LogP contribution in [0.5, 0.6) is 5.75 Å². The lowest BCUT2D eigenvalue weighted by Gasteiger charge is -2.30. The van der Waals surface area contributed by atoms with Crippen LogP contribution in [0.25, 0.3) is 0 Å². The van der Waals surface area contributed by atoms with Crippen molar-refractivity contribution in [2.75, 3.05) is 17.2 Å². The van der Waals surface area contributed by atoms with Gasteiger partial charge >= 0.3 is 0 Å². The van der Waals surface area contributed by atoms with Crippen molar-refractivity contribution in [2.45, 2.75) is 84.5 Å². The molecule has 0 aliphatic rings. The molecule has 6 nitrogen and oxygen atoms in total. The number of nitrogens with one attached hydrogen (secondary N) is 2. The lowest BCUT2D eigenvalue weighted by atomic mass is 9.76. The van der Waals surface area contributed by atoms with E-state index in [1.54, 1.807) is 48.5 Å². The average molecular weight is 591 g/mol. The maximum atomic E-state index is 12.7. The molecule has 3 aromatic carbocycles. The number of carbonyl (C=O) groups excluding carboxylic acids is 3. The number of ketones is 1. The molecule has 0 radical (unpaired) electrons. The van der Waals surface area contributed by atoms with Gasteiger partial charge in [0.2, 0.25) is 11.8 Å². The first-order valence-electron chi connectivity index (χ1n) is 14.6. The number of amides is 2. The Morgan fingerprint density at radius 3 is 2.17 bits per heavy atom. The highest BCUT2D eigenvalue weighted by atomic mass is 35.5. The van der Waals surface area contributed by atoms with Gasteiger partial charge in [-0.25, -0.2) is 0 Å².